The summed E-state index contributed by atoms with van der Waals surface area (Å²) in [5.41, 5.74) is 0.974. The Morgan fingerprint density at radius 3 is 2.64 bits per heavy atom. The zero-order valence-electron chi connectivity index (χ0n) is 8.88. The minimum absolute atomic E-state index is 0.00271. The molecule has 1 rings (SSSR count). The van der Waals surface area contributed by atoms with E-state index in [1.807, 2.05) is 6.20 Å². The van der Waals surface area contributed by atoms with Crippen LogP contribution < -0.4 is 5.32 Å². The number of aromatic nitrogens is 2. The number of aliphatic hydroxyl groups excluding tert-OH is 1. The molecule has 0 fully saturated rings. The zero-order valence-corrected chi connectivity index (χ0v) is 8.88. The van der Waals surface area contributed by atoms with E-state index in [0.717, 1.165) is 25.1 Å². The summed E-state index contributed by atoms with van der Waals surface area (Å²) in [6.45, 7) is 5.23. The van der Waals surface area contributed by atoms with Gasteiger partial charge < -0.3 is 10.4 Å². The van der Waals surface area contributed by atoms with Crippen molar-refractivity contribution in [2.24, 2.45) is 5.41 Å². The first-order valence-electron chi connectivity index (χ1n) is 5.10. The first-order chi connectivity index (χ1) is 6.76. The van der Waals surface area contributed by atoms with Gasteiger partial charge in [-0.3, -0.25) is 5.10 Å². The Morgan fingerprint density at radius 1 is 1.50 bits per heavy atom. The number of aliphatic hydroxyl groups is 1. The first kappa shape index (κ1) is 11.0. The van der Waals surface area contributed by atoms with Gasteiger partial charge in [0.2, 0.25) is 0 Å². The third-order valence-corrected chi connectivity index (χ3v) is 3.00. The van der Waals surface area contributed by atoms with Gasteiger partial charge in [-0.1, -0.05) is 13.8 Å². The molecule has 4 heteroatoms. The third kappa shape index (κ3) is 2.48. The van der Waals surface area contributed by atoms with E-state index in [-0.39, 0.29) is 12.0 Å². The van der Waals surface area contributed by atoms with E-state index in [1.165, 1.54) is 0 Å². The molecule has 4 nitrogen and oxygen atoms in total. The van der Waals surface area contributed by atoms with E-state index in [1.54, 1.807) is 6.20 Å². The molecule has 0 amide bonds. The smallest absolute Gasteiger partial charge is 0.0723 e. The molecule has 0 saturated heterocycles. The summed E-state index contributed by atoms with van der Waals surface area (Å²) in [4.78, 5) is 0. The van der Waals surface area contributed by atoms with Gasteiger partial charge in [0.1, 0.15) is 0 Å². The summed E-state index contributed by atoms with van der Waals surface area (Å²) < 4.78 is 0. The fraction of sp³-hybridized carbons (Fsp3) is 0.700. The van der Waals surface area contributed by atoms with Crippen molar-refractivity contribution in [1.82, 2.24) is 10.2 Å². The predicted octanol–water partition coefficient (Wildman–Crippen LogP) is 1.62. The summed E-state index contributed by atoms with van der Waals surface area (Å²) in [7, 11) is 0. The number of rotatable bonds is 6. The van der Waals surface area contributed by atoms with Crippen LogP contribution in [0, 0.1) is 5.41 Å². The molecule has 0 aliphatic rings. The Bertz CT molecular complexity index is 234. The van der Waals surface area contributed by atoms with Crippen LogP contribution in [-0.2, 0) is 0 Å². The van der Waals surface area contributed by atoms with Crippen molar-refractivity contribution >= 4 is 5.69 Å². The topological polar surface area (TPSA) is 60.9 Å². The van der Waals surface area contributed by atoms with E-state index in [0.29, 0.717) is 0 Å². The van der Waals surface area contributed by atoms with Crippen LogP contribution in [0.2, 0.25) is 0 Å². The highest BCUT2D eigenvalue weighted by molar-refractivity contribution is 5.37. The lowest BCUT2D eigenvalue weighted by Gasteiger charge is -2.29. The molecule has 1 aromatic heterocycles. The molecular weight excluding hydrogens is 178 g/mol. The Morgan fingerprint density at radius 2 is 2.21 bits per heavy atom. The molecule has 0 aromatic carbocycles. The maximum Gasteiger partial charge on any atom is 0.0723 e. The number of hydrogen-bond donors (Lipinski definition) is 3. The van der Waals surface area contributed by atoms with Gasteiger partial charge in [-0.05, 0) is 12.8 Å². The van der Waals surface area contributed by atoms with Crippen LogP contribution in [0.15, 0.2) is 12.4 Å². The van der Waals surface area contributed by atoms with Crippen LogP contribution in [0.5, 0.6) is 0 Å². The van der Waals surface area contributed by atoms with Crippen molar-refractivity contribution < 1.29 is 5.11 Å². The molecule has 1 heterocycles. The fourth-order valence-electron chi connectivity index (χ4n) is 1.42. The normalized spacial score (nSPS) is 11.6. The van der Waals surface area contributed by atoms with Gasteiger partial charge in [-0.2, -0.15) is 5.10 Å². The molecule has 0 saturated carbocycles. The Hall–Kier alpha value is -1.03. The summed E-state index contributed by atoms with van der Waals surface area (Å²) in [5, 5.41) is 19.2. The van der Waals surface area contributed by atoms with Crippen LogP contribution in [0.1, 0.15) is 26.7 Å². The monoisotopic (exact) mass is 197 g/mol. The lowest BCUT2D eigenvalue weighted by molar-refractivity contribution is 0.127. The van der Waals surface area contributed by atoms with Crippen molar-refractivity contribution in [1.29, 1.82) is 0 Å². The highest BCUT2D eigenvalue weighted by Crippen LogP contribution is 2.25. The molecule has 14 heavy (non-hydrogen) atoms. The summed E-state index contributed by atoms with van der Waals surface area (Å²) >= 11 is 0. The van der Waals surface area contributed by atoms with Crippen LogP contribution in [-0.4, -0.2) is 28.5 Å². The standard InChI is InChI=1S/C10H19N3O/c1-3-10(4-2,8-14)7-11-9-5-12-13-6-9/h5-6,11,14H,3-4,7-8H2,1-2H3,(H,12,13). The summed E-state index contributed by atoms with van der Waals surface area (Å²) in [6, 6.07) is 0. The number of anilines is 1. The lowest BCUT2D eigenvalue weighted by Crippen LogP contribution is -2.32. The van der Waals surface area contributed by atoms with Gasteiger partial charge in [0.05, 0.1) is 18.5 Å². The van der Waals surface area contributed by atoms with Gasteiger partial charge in [0.15, 0.2) is 0 Å². The summed E-state index contributed by atoms with van der Waals surface area (Å²) in [6.07, 6.45) is 5.51. The minimum atomic E-state index is -0.00271. The van der Waals surface area contributed by atoms with Crippen molar-refractivity contribution in [2.45, 2.75) is 26.7 Å². The molecule has 0 radical (unpaired) electrons. The number of nitrogens with zero attached hydrogens (tertiary/aromatic N) is 1. The average Bonchev–Trinajstić information content (AvgIpc) is 2.74. The predicted molar refractivity (Wildman–Crippen MR) is 57.2 cm³/mol. The van der Waals surface area contributed by atoms with Crippen LogP contribution >= 0.6 is 0 Å². The summed E-state index contributed by atoms with van der Waals surface area (Å²) in [5.74, 6) is 0. The van der Waals surface area contributed by atoms with Crippen molar-refractivity contribution in [3.8, 4) is 0 Å². The second-order valence-corrected chi connectivity index (χ2v) is 3.71. The zero-order chi connectivity index (χ0) is 10.4. The highest BCUT2D eigenvalue weighted by Gasteiger charge is 2.24. The SMILES string of the molecule is CCC(CC)(CO)CNc1cn[nH]c1. The van der Waals surface area contributed by atoms with Gasteiger partial charge in [-0.15, -0.1) is 0 Å². The van der Waals surface area contributed by atoms with E-state index in [4.69, 9.17) is 0 Å². The maximum absolute atomic E-state index is 9.34. The van der Waals surface area contributed by atoms with Gasteiger partial charge in [-0.25, -0.2) is 0 Å². The highest BCUT2D eigenvalue weighted by atomic mass is 16.3. The van der Waals surface area contributed by atoms with Crippen molar-refractivity contribution in [2.75, 3.05) is 18.5 Å². The average molecular weight is 197 g/mol. The Balaban J connectivity index is 2.48. The van der Waals surface area contributed by atoms with E-state index in [9.17, 15) is 5.11 Å². The number of H-pyrrole nitrogens is 1. The van der Waals surface area contributed by atoms with Crippen LogP contribution in [0.4, 0.5) is 5.69 Å². The molecule has 0 unspecified atom stereocenters. The molecule has 0 bridgehead atoms. The van der Waals surface area contributed by atoms with Crippen LogP contribution in [0.25, 0.3) is 0 Å². The number of hydrogen-bond acceptors (Lipinski definition) is 3. The maximum atomic E-state index is 9.34. The molecule has 1 aromatic rings. The van der Waals surface area contributed by atoms with Gasteiger partial charge in [0, 0.05) is 18.2 Å². The quantitative estimate of drug-likeness (QED) is 0.649. The van der Waals surface area contributed by atoms with E-state index in [2.05, 4.69) is 29.4 Å². The molecule has 80 valence electrons. The van der Waals surface area contributed by atoms with E-state index < -0.39 is 0 Å². The Kier molecular flexibility index (Phi) is 3.95. The lowest BCUT2D eigenvalue weighted by atomic mass is 9.83. The molecular formula is C10H19N3O. The molecule has 3 N–H and O–H groups in total. The second-order valence-electron chi connectivity index (χ2n) is 3.71. The largest absolute Gasteiger partial charge is 0.396 e. The fourth-order valence-corrected chi connectivity index (χ4v) is 1.42. The number of nitrogens with one attached hydrogen (secondary N) is 2. The molecule has 0 spiro atoms. The molecule has 0 aliphatic carbocycles. The van der Waals surface area contributed by atoms with Crippen LogP contribution in [0.3, 0.4) is 0 Å². The molecule has 0 atom stereocenters. The van der Waals surface area contributed by atoms with Gasteiger partial charge in [0.25, 0.3) is 0 Å². The molecule has 0 aliphatic heterocycles. The first-order valence-corrected chi connectivity index (χ1v) is 5.10. The van der Waals surface area contributed by atoms with Gasteiger partial charge >= 0.3 is 0 Å². The Labute approximate surface area is 84.7 Å². The van der Waals surface area contributed by atoms with E-state index >= 15 is 0 Å². The second kappa shape index (κ2) is 5.00. The minimum Gasteiger partial charge on any atom is -0.396 e. The third-order valence-electron chi connectivity index (χ3n) is 3.00. The van der Waals surface area contributed by atoms with Crippen molar-refractivity contribution in [3.05, 3.63) is 12.4 Å². The van der Waals surface area contributed by atoms with Crippen molar-refractivity contribution in [3.63, 3.8) is 0 Å². The number of aromatic amines is 1.